The van der Waals surface area contributed by atoms with Crippen molar-refractivity contribution in [1.82, 2.24) is 0 Å². The Morgan fingerprint density at radius 2 is 2.33 bits per heavy atom. The fourth-order valence-corrected chi connectivity index (χ4v) is 0.703. The Labute approximate surface area is 54.6 Å². The van der Waals surface area contributed by atoms with Gasteiger partial charge in [-0.2, -0.15) is 0 Å². The van der Waals surface area contributed by atoms with Crippen molar-refractivity contribution in [3.05, 3.63) is 0 Å². The molecule has 1 aliphatic rings. The Kier molecular flexibility index (Phi) is 1.75. The third-order valence-corrected chi connectivity index (χ3v) is 1.74. The topological polar surface area (TPSA) is 38.7 Å². The number of ether oxygens (including phenoxy) is 2. The molecule has 0 radical (unpaired) electrons. The molecule has 2 atom stereocenters. The first-order chi connectivity index (χ1) is 4.15. The molecule has 0 aromatic carbocycles. The van der Waals surface area contributed by atoms with Gasteiger partial charge < -0.3 is 14.6 Å². The summed E-state index contributed by atoms with van der Waals surface area (Å²) in [7, 11) is 0. The minimum absolute atomic E-state index is 0.307. The van der Waals surface area contributed by atoms with Crippen LogP contribution in [0.2, 0.25) is 0 Å². The van der Waals surface area contributed by atoms with Gasteiger partial charge in [-0.25, -0.2) is 0 Å². The fourth-order valence-electron chi connectivity index (χ4n) is 0.703. The quantitative estimate of drug-likeness (QED) is 0.551. The van der Waals surface area contributed by atoms with Crippen LogP contribution in [-0.4, -0.2) is 30.2 Å². The summed E-state index contributed by atoms with van der Waals surface area (Å²) in [5.41, 5.74) is -0.472. The van der Waals surface area contributed by atoms with Gasteiger partial charge in [-0.05, 0) is 13.8 Å². The molecule has 0 saturated carbocycles. The summed E-state index contributed by atoms with van der Waals surface area (Å²) in [6.45, 7) is 4.34. The molecule has 1 aliphatic heterocycles. The zero-order chi connectivity index (χ0) is 6.91. The average molecular weight is 132 g/mol. The summed E-state index contributed by atoms with van der Waals surface area (Å²) >= 11 is 0. The zero-order valence-electron chi connectivity index (χ0n) is 5.76. The maximum atomic E-state index is 9.11. The molecule has 54 valence electrons. The maximum absolute atomic E-state index is 9.11. The molecule has 1 rings (SSSR count). The molecule has 0 aromatic rings. The van der Waals surface area contributed by atoms with E-state index in [0.29, 0.717) is 13.4 Å². The normalized spacial score (nSPS) is 39.0. The average Bonchev–Trinajstić information content (AvgIpc) is 2.16. The van der Waals surface area contributed by atoms with Crippen LogP contribution in [0.1, 0.15) is 13.8 Å². The molecular formula is C6H12O3. The van der Waals surface area contributed by atoms with E-state index in [1.807, 2.05) is 6.92 Å². The molecule has 1 fully saturated rings. The van der Waals surface area contributed by atoms with E-state index in [1.54, 1.807) is 6.92 Å². The molecule has 3 heteroatoms. The van der Waals surface area contributed by atoms with Gasteiger partial charge in [0.1, 0.15) is 12.4 Å². The molecule has 0 aliphatic carbocycles. The molecule has 9 heavy (non-hydrogen) atoms. The van der Waals surface area contributed by atoms with Crippen LogP contribution in [0.15, 0.2) is 0 Å². The molecular weight excluding hydrogens is 120 g/mol. The number of hydrogen-bond acceptors (Lipinski definition) is 3. The summed E-state index contributed by atoms with van der Waals surface area (Å²) in [5.74, 6) is 0. The third kappa shape index (κ3) is 1.23. The van der Waals surface area contributed by atoms with E-state index < -0.39 is 11.7 Å². The van der Waals surface area contributed by atoms with Gasteiger partial charge >= 0.3 is 0 Å². The highest BCUT2D eigenvalue weighted by molar-refractivity contribution is 4.82. The van der Waals surface area contributed by atoms with Crippen molar-refractivity contribution in [3.63, 3.8) is 0 Å². The Morgan fingerprint density at radius 1 is 1.67 bits per heavy atom. The molecule has 0 spiro atoms. The van der Waals surface area contributed by atoms with Gasteiger partial charge in [-0.15, -0.1) is 0 Å². The van der Waals surface area contributed by atoms with E-state index in [-0.39, 0.29) is 0 Å². The van der Waals surface area contributed by atoms with Crippen molar-refractivity contribution in [3.8, 4) is 0 Å². The standard InChI is InChI=1S/C6H12O3/c1-5(7)6(2)3-8-4-9-6/h5,7H,3-4H2,1-2H3/t5-,6-/m0/s1. The largest absolute Gasteiger partial charge is 0.390 e. The number of aliphatic hydroxyl groups excluding tert-OH is 1. The van der Waals surface area contributed by atoms with Crippen LogP contribution in [-0.2, 0) is 9.47 Å². The summed E-state index contributed by atoms with van der Waals surface area (Å²) in [6.07, 6.45) is -0.458. The molecule has 3 nitrogen and oxygen atoms in total. The molecule has 0 bridgehead atoms. The van der Waals surface area contributed by atoms with Gasteiger partial charge in [0, 0.05) is 0 Å². The van der Waals surface area contributed by atoms with Gasteiger partial charge in [-0.1, -0.05) is 0 Å². The van der Waals surface area contributed by atoms with Crippen molar-refractivity contribution in [2.24, 2.45) is 0 Å². The first-order valence-electron chi connectivity index (χ1n) is 3.05. The number of hydrogen-bond donors (Lipinski definition) is 1. The molecule has 0 aromatic heterocycles. The maximum Gasteiger partial charge on any atom is 0.147 e. The van der Waals surface area contributed by atoms with Crippen LogP contribution in [0.3, 0.4) is 0 Å². The lowest BCUT2D eigenvalue weighted by atomic mass is 10.0. The molecule has 0 amide bonds. The molecule has 1 saturated heterocycles. The molecule has 1 heterocycles. The molecule has 0 unspecified atom stereocenters. The van der Waals surface area contributed by atoms with Crippen molar-refractivity contribution in [2.45, 2.75) is 25.6 Å². The highest BCUT2D eigenvalue weighted by atomic mass is 16.7. The minimum Gasteiger partial charge on any atom is -0.390 e. The van der Waals surface area contributed by atoms with Crippen molar-refractivity contribution < 1.29 is 14.6 Å². The zero-order valence-corrected chi connectivity index (χ0v) is 5.76. The Hall–Kier alpha value is -0.120. The highest BCUT2D eigenvalue weighted by Crippen LogP contribution is 2.21. The van der Waals surface area contributed by atoms with Crippen LogP contribution in [0.5, 0.6) is 0 Å². The smallest absolute Gasteiger partial charge is 0.147 e. The second-order valence-corrected chi connectivity index (χ2v) is 2.60. The van der Waals surface area contributed by atoms with Crippen LogP contribution >= 0.6 is 0 Å². The predicted molar refractivity (Wildman–Crippen MR) is 32.0 cm³/mol. The van der Waals surface area contributed by atoms with E-state index in [1.165, 1.54) is 0 Å². The van der Waals surface area contributed by atoms with Crippen LogP contribution in [0, 0.1) is 0 Å². The lowest BCUT2D eigenvalue weighted by molar-refractivity contribution is -0.0673. The van der Waals surface area contributed by atoms with Gasteiger partial charge in [0.05, 0.1) is 12.7 Å². The summed E-state index contributed by atoms with van der Waals surface area (Å²) in [6, 6.07) is 0. The monoisotopic (exact) mass is 132 g/mol. The van der Waals surface area contributed by atoms with E-state index in [0.717, 1.165) is 0 Å². The van der Waals surface area contributed by atoms with Crippen molar-refractivity contribution in [2.75, 3.05) is 13.4 Å². The van der Waals surface area contributed by atoms with E-state index in [9.17, 15) is 0 Å². The van der Waals surface area contributed by atoms with E-state index in [2.05, 4.69) is 0 Å². The Bertz CT molecular complexity index is 94.5. The number of rotatable bonds is 1. The van der Waals surface area contributed by atoms with Gasteiger partial charge in [0.15, 0.2) is 0 Å². The first kappa shape index (κ1) is 6.99. The number of aliphatic hydroxyl groups is 1. The van der Waals surface area contributed by atoms with Crippen molar-refractivity contribution >= 4 is 0 Å². The van der Waals surface area contributed by atoms with E-state index in [4.69, 9.17) is 14.6 Å². The minimum atomic E-state index is -0.472. The predicted octanol–water partition coefficient (Wildman–Crippen LogP) is 0.130. The van der Waals surface area contributed by atoms with Gasteiger partial charge in [0.2, 0.25) is 0 Å². The lowest BCUT2D eigenvalue weighted by Crippen LogP contribution is -2.39. The molecule has 1 N–H and O–H groups in total. The fraction of sp³-hybridized carbons (Fsp3) is 1.00. The summed E-state index contributed by atoms with van der Waals surface area (Å²) in [5, 5.41) is 9.11. The highest BCUT2D eigenvalue weighted by Gasteiger charge is 2.35. The van der Waals surface area contributed by atoms with E-state index >= 15 is 0 Å². The summed E-state index contributed by atoms with van der Waals surface area (Å²) in [4.78, 5) is 0. The third-order valence-electron chi connectivity index (χ3n) is 1.74. The van der Waals surface area contributed by atoms with Crippen LogP contribution in [0.4, 0.5) is 0 Å². The first-order valence-corrected chi connectivity index (χ1v) is 3.05. The Morgan fingerprint density at radius 3 is 2.56 bits per heavy atom. The summed E-state index contributed by atoms with van der Waals surface area (Å²) < 4.78 is 10.1. The van der Waals surface area contributed by atoms with Crippen LogP contribution in [0.25, 0.3) is 0 Å². The van der Waals surface area contributed by atoms with Crippen LogP contribution < -0.4 is 0 Å². The SMILES string of the molecule is C[C@H](O)[C@]1(C)COCO1. The lowest BCUT2D eigenvalue weighted by Gasteiger charge is -2.23. The van der Waals surface area contributed by atoms with Gasteiger partial charge in [-0.3, -0.25) is 0 Å². The second-order valence-electron chi connectivity index (χ2n) is 2.60. The van der Waals surface area contributed by atoms with Gasteiger partial charge in [0.25, 0.3) is 0 Å². The van der Waals surface area contributed by atoms with Crippen molar-refractivity contribution in [1.29, 1.82) is 0 Å². The second kappa shape index (κ2) is 2.25. The Balaban J connectivity index is 2.51.